The number of pyridine rings is 1. The fourth-order valence-corrected chi connectivity index (χ4v) is 4.78. The molecular formula is C24H25Cl2F2N3O6S. The smallest absolute Gasteiger partial charge is 0.387 e. The van der Waals surface area contributed by atoms with Gasteiger partial charge in [0, 0.05) is 43.1 Å². The second-order valence-corrected chi connectivity index (χ2v) is 10.1. The van der Waals surface area contributed by atoms with Crippen molar-refractivity contribution in [1.82, 2.24) is 10.3 Å². The zero-order valence-corrected chi connectivity index (χ0v) is 22.3. The summed E-state index contributed by atoms with van der Waals surface area (Å²) in [6.45, 7) is -2.12. The number of rotatable bonds is 14. The first-order valence-corrected chi connectivity index (χ1v) is 13.4. The topological polar surface area (TPSA) is 116 Å². The van der Waals surface area contributed by atoms with Gasteiger partial charge < -0.3 is 24.8 Å². The van der Waals surface area contributed by atoms with E-state index in [4.69, 9.17) is 32.7 Å². The van der Waals surface area contributed by atoms with Crippen molar-refractivity contribution in [2.24, 2.45) is 0 Å². The van der Waals surface area contributed by atoms with Gasteiger partial charge in [-0.2, -0.15) is 8.78 Å². The summed E-state index contributed by atoms with van der Waals surface area (Å²) in [5, 5.41) is 5.42. The van der Waals surface area contributed by atoms with Gasteiger partial charge in [0.15, 0.2) is 11.5 Å². The maximum atomic E-state index is 12.8. The molecule has 0 bridgehead atoms. The Hall–Kier alpha value is -2.83. The van der Waals surface area contributed by atoms with Gasteiger partial charge in [0.2, 0.25) is 5.91 Å². The third-order valence-electron chi connectivity index (χ3n) is 5.20. The number of benzene rings is 1. The molecule has 2 N–H and O–H groups in total. The van der Waals surface area contributed by atoms with Gasteiger partial charge in [-0.15, -0.1) is 11.8 Å². The van der Waals surface area contributed by atoms with Crippen molar-refractivity contribution in [3.05, 3.63) is 46.2 Å². The molecular weight excluding hydrogens is 567 g/mol. The van der Waals surface area contributed by atoms with Crippen molar-refractivity contribution in [3.8, 4) is 11.5 Å². The van der Waals surface area contributed by atoms with Crippen LogP contribution in [0.2, 0.25) is 10.0 Å². The zero-order chi connectivity index (χ0) is 27.5. The number of halogens is 4. The maximum absolute atomic E-state index is 12.8. The summed E-state index contributed by atoms with van der Waals surface area (Å²) < 4.78 is 40.7. The number of unbranched alkanes of at least 4 members (excludes halogenated alkanes) is 1. The number of hydrogen-bond donors (Lipinski definition) is 2. The van der Waals surface area contributed by atoms with Gasteiger partial charge in [-0.3, -0.25) is 19.4 Å². The first-order chi connectivity index (χ1) is 18.2. The molecule has 1 saturated heterocycles. The predicted molar refractivity (Wildman–Crippen MR) is 139 cm³/mol. The van der Waals surface area contributed by atoms with Crippen molar-refractivity contribution < 1.29 is 37.4 Å². The minimum Gasteiger partial charge on any atom is -0.490 e. The van der Waals surface area contributed by atoms with Crippen LogP contribution in [0.5, 0.6) is 11.5 Å². The van der Waals surface area contributed by atoms with Crippen molar-refractivity contribution in [2.75, 3.05) is 30.8 Å². The van der Waals surface area contributed by atoms with Crippen molar-refractivity contribution in [3.63, 3.8) is 0 Å². The molecule has 0 aliphatic carbocycles. The van der Waals surface area contributed by atoms with Crippen LogP contribution in [-0.4, -0.2) is 60.1 Å². The Morgan fingerprint density at radius 2 is 1.95 bits per heavy atom. The number of alkyl halides is 2. The third-order valence-corrected chi connectivity index (χ3v) is 7.04. The molecule has 1 atom stereocenters. The van der Waals surface area contributed by atoms with E-state index in [9.17, 15) is 23.2 Å². The van der Waals surface area contributed by atoms with Gasteiger partial charge in [0.05, 0.1) is 28.9 Å². The molecule has 9 nitrogen and oxygen atoms in total. The number of ether oxygens (including phenoxy) is 3. The summed E-state index contributed by atoms with van der Waals surface area (Å²) in [6.07, 6.45) is 4.48. The van der Waals surface area contributed by atoms with Gasteiger partial charge in [-0.05, 0) is 31.0 Å². The average molecular weight is 592 g/mol. The van der Waals surface area contributed by atoms with Crippen molar-refractivity contribution >= 4 is 58.4 Å². The van der Waals surface area contributed by atoms with E-state index < -0.39 is 12.5 Å². The van der Waals surface area contributed by atoms with E-state index in [1.165, 1.54) is 42.4 Å². The van der Waals surface area contributed by atoms with E-state index in [2.05, 4.69) is 20.4 Å². The minimum absolute atomic E-state index is 0.0585. The molecule has 0 saturated carbocycles. The second kappa shape index (κ2) is 14.9. The van der Waals surface area contributed by atoms with Gasteiger partial charge in [-0.25, -0.2) is 0 Å². The van der Waals surface area contributed by atoms with Gasteiger partial charge >= 0.3 is 12.6 Å². The lowest BCUT2D eigenvalue weighted by Gasteiger charge is -2.14. The van der Waals surface area contributed by atoms with Crippen LogP contribution >= 0.6 is 35.0 Å². The Labute approximate surface area is 231 Å². The number of carbonyl (C=O) groups excluding carboxylic acids is 3. The molecule has 1 aromatic heterocycles. The van der Waals surface area contributed by atoms with Gasteiger partial charge in [-0.1, -0.05) is 23.2 Å². The number of hydrogen-bond acceptors (Lipinski definition) is 8. The van der Waals surface area contributed by atoms with E-state index >= 15 is 0 Å². The van der Waals surface area contributed by atoms with E-state index in [1.54, 1.807) is 0 Å². The van der Waals surface area contributed by atoms with Crippen LogP contribution in [0.1, 0.15) is 36.0 Å². The Bertz CT molecular complexity index is 1120. The molecule has 1 unspecified atom stereocenters. The van der Waals surface area contributed by atoms with Gasteiger partial charge in [0.25, 0.3) is 5.91 Å². The first-order valence-electron chi connectivity index (χ1n) is 11.6. The molecule has 2 aromatic rings. The van der Waals surface area contributed by atoms with E-state index in [-0.39, 0.29) is 62.9 Å². The number of amides is 2. The van der Waals surface area contributed by atoms with Crippen LogP contribution in [0, 0.1) is 0 Å². The number of nitrogens with zero attached hydrogens (tertiary/aromatic N) is 1. The lowest BCUT2D eigenvalue weighted by Crippen LogP contribution is -2.26. The number of thioether (sulfide) groups is 1. The molecule has 1 aliphatic heterocycles. The molecule has 1 aromatic carbocycles. The Balaban J connectivity index is 1.46. The Kier molecular flexibility index (Phi) is 11.7. The fraction of sp³-hybridized carbons (Fsp3) is 0.417. The summed E-state index contributed by atoms with van der Waals surface area (Å²) in [6, 6.07) is 3.75. The highest BCUT2D eigenvalue weighted by Crippen LogP contribution is 2.32. The van der Waals surface area contributed by atoms with E-state index in [0.717, 1.165) is 0 Å². The molecule has 0 radical (unpaired) electrons. The first kappa shape index (κ1) is 29.7. The third kappa shape index (κ3) is 9.17. The van der Waals surface area contributed by atoms with Crippen LogP contribution in [0.15, 0.2) is 30.6 Å². The Morgan fingerprint density at radius 1 is 1.18 bits per heavy atom. The number of carbonyl (C=O) groups is 3. The minimum atomic E-state index is -3.09. The van der Waals surface area contributed by atoms with Gasteiger partial charge in [0.1, 0.15) is 5.25 Å². The molecule has 1 fully saturated rings. The van der Waals surface area contributed by atoms with Crippen LogP contribution < -0.4 is 20.1 Å². The SMILES string of the molecule is O=C(CCCCOc1cc(C(=O)Nc2c(Cl)cncc2Cl)ccc1OC(F)F)NCCSC1CCOC1=O. The molecule has 0 spiro atoms. The second-order valence-electron chi connectivity index (χ2n) is 7.94. The summed E-state index contributed by atoms with van der Waals surface area (Å²) >= 11 is 13.5. The molecule has 1 aliphatic rings. The maximum Gasteiger partial charge on any atom is 0.387 e. The number of nitrogens with one attached hydrogen (secondary N) is 2. The monoisotopic (exact) mass is 591 g/mol. The van der Waals surface area contributed by atoms with E-state index in [1.807, 2.05) is 0 Å². The standard InChI is InChI=1S/C24H25Cl2F2N3O6S/c25-15-12-29-13-16(26)21(15)31-22(33)14-4-5-17(37-24(27)28)18(11-14)35-8-2-1-3-20(32)30-7-10-38-19-6-9-36-23(19)34/h4-5,11-13,19,24H,1-3,6-10H2,(H,30,32)(H,29,31,33). The fourth-order valence-electron chi connectivity index (χ4n) is 3.35. The Morgan fingerprint density at radius 3 is 2.63 bits per heavy atom. The highest BCUT2D eigenvalue weighted by molar-refractivity contribution is 8.00. The number of anilines is 1. The van der Waals surface area contributed by atoms with Crippen molar-refractivity contribution in [2.45, 2.75) is 37.5 Å². The molecule has 3 rings (SSSR count). The molecule has 206 valence electrons. The zero-order valence-electron chi connectivity index (χ0n) is 20.0. The number of esters is 1. The summed E-state index contributed by atoms with van der Waals surface area (Å²) in [5.41, 5.74) is 0.246. The normalized spacial score (nSPS) is 14.8. The summed E-state index contributed by atoms with van der Waals surface area (Å²) in [4.78, 5) is 39.9. The van der Waals surface area contributed by atoms with Crippen LogP contribution in [-0.2, 0) is 14.3 Å². The summed E-state index contributed by atoms with van der Waals surface area (Å²) in [7, 11) is 0. The molecule has 2 amide bonds. The van der Waals surface area contributed by atoms with Crippen LogP contribution in [0.4, 0.5) is 14.5 Å². The highest BCUT2D eigenvalue weighted by atomic mass is 35.5. The predicted octanol–water partition coefficient (Wildman–Crippen LogP) is 4.96. The van der Waals surface area contributed by atoms with E-state index in [0.29, 0.717) is 38.2 Å². The molecule has 38 heavy (non-hydrogen) atoms. The lowest BCUT2D eigenvalue weighted by molar-refractivity contribution is -0.137. The summed E-state index contributed by atoms with van der Waals surface area (Å²) in [5.74, 6) is -0.654. The molecule has 2 heterocycles. The molecule has 14 heteroatoms. The number of aromatic nitrogens is 1. The van der Waals surface area contributed by atoms with Crippen LogP contribution in [0.3, 0.4) is 0 Å². The lowest BCUT2D eigenvalue weighted by atomic mass is 10.2. The highest BCUT2D eigenvalue weighted by Gasteiger charge is 2.26. The quantitative estimate of drug-likeness (QED) is 0.234. The van der Waals surface area contributed by atoms with Crippen LogP contribution in [0.25, 0.3) is 0 Å². The number of cyclic esters (lactones) is 1. The average Bonchev–Trinajstić information content (AvgIpc) is 3.28. The van der Waals surface area contributed by atoms with Crippen molar-refractivity contribution in [1.29, 1.82) is 0 Å². The largest absolute Gasteiger partial charge is 0.490 e.